The average molecular weight is 330 g/mol. The first-order valence-electron chi connectivity index (χ1n) is 9.14. The molecule has 4 nitrogen and oxygen atoms in total. The maximum Gasteiger partial charge on any atom is 0.341 e. The molecule has 2 saturated carbocycles. The second-order valence-corrected chi connectivity index (χ2v) is 8.10. The number of benzene rings is 1. The number of fused-ring (bicyclic) bond motifs is 5. The summed E-state index contributed by atoms with van der Waals surface area (Å²) in [6, 6.07) is 6.10. The lowest BCUT2D eigenvalue weighted by atomic mass is 9.55. The van der Waals surface area contributed by atoms with Gasteiger partial charge in [0.25, 0.3) is 0 Å². The molecule has 0 saturated heterocycles. The number of rotatable bonds is 3. The minimum absolute atomic E-state index is 0.114. The molecule has 2 N–H and O–H groups in total. The predicted molar refractivity (Wildman–Crippen MR) is 90.2 cm³/mol. The zero-order chi connectivity index (χ0) is 16.9. The molecule has 0 spiro atoms. The van der Waals surface area contributed by atoms with E-state index in [0.29, 0.717) is 23.5 Å². The summed E-state index contributed by atoms with van der Waals surface area (Å²) in [6.45, 7) is 2.01. The summed E-state index contributed by atoms with van der Waals surface area (Å²) < 4.78 is 5.34. The van der Waals surface area contributed by atoms with Gasteiger partial charge in [0.05, 0.1) is 6.10 Å². The molecule has 1 aromatic carbocycles. The molecule has 2 fully saturated rings. The van der Waals surface area contributed by atoms with Gasteiger partial charge < -0.3 is 14.9 Å². The minimum atomic E-state index is -0.945. The Balaban J connectivity index is 1.58. The van der Waals surface area contributed by atoms with Crippen LogP contribution in [0.5, 0.6) is 5.75 Å². The van der Waals surface area contributed by atoms with Gasteiger partial charge in [-0.2, -0.15) is 0 Å². The molecule has 1 aromatic rings. The van der Waals surface area contributed by atoms with E-state index < -0.39 is 5.97 Å². The van der Waals surface area contributed by atoms with Crippen LogP contribution in [0.25, 0.3) is 0 Å². The molecule has 1 unspecified atom stereocenters. The number of aliphatic carboxylic acids is 1. The molecular weight excluding hydrogens is 304 g/mol. The number of ether oxygens (including phenoxy) is 1. The standard InChI is InChI=1S/C20H26O4/c1-20-9-8-15-14-5-3-13(24-11-19(22)23)10-12(14)2-4-16(15)17(20)6-7-18(20)21/h3,5,10,15-18,21H,2,4,6-9,11H2,1H3,(H,22,23)/t15-,16?,17+,18+,20+/m1/s1. The smallest absolute Gasteiger partial charge is 0.341 e. The van der Waals surface area contributed by atoms with Gasteiger partial charge in [0.1, 0.15) is 5.75 Å². The number of hydrogen-bond donors (Lipinski definition) is 2. The fraction of sp³-hybridized carbons (Fsp3) is 0.650. The summed E-state index contributed by atoms with van der Waals surface area (Å²) in [4.78, 5) is 10.7. The van der Waals surface area contributed by atoms with Crippen molar-refractivity contribution < 1.29 is 19.7 Å². The predicted octanol–water partition coefficient (Wildman–Crippen LogP) is 3.37. The van der Waals surface area contributed by atoms with Crippen LogP contribution in [-0.2, 0) is 11.2 Å². The topological polar surface area (TPSA) is 66.8 Å². The van der Waals surface area contributed by atoms with Crippen molar-refractivity contribution in [2.45, 2.75) is 57.5 Å². The van der Waals surface area contributed by atoms with Crippen LogP contribution in [0.2, 0.25) is 0 Å². The molecule has 5 atom stereocenters. The molecule has 4 heteroatoms. The average Bonchev–Trinajstić information content (AvgIpc) is 2.88. The van der Waals surface area contributed by atoms with Gasteiger partial charge in [0.2, 0.25) is 0 Å². The summed E-state index contributed by atoms with van der Waals surface area (Å²) in [5, 5.41) is 19.2. The minimum Gasteiger partial charge on any atom is -0.482 e. The lowest BCUT2D eigenvalue weighted by Gasteiger charge is -2.50. The first kappa shape index (κ1) is 15.9. The molecular formula is C20H26O4. The Morgan fingerprint density at radius 1 is 1.29 bits per heavy atom. The van der Waals surface area contributed by atoms with Gasteiger partial charge in [0, 0.05) is 0 Å². The van der Waals surface area contributed by atoms with Crippen molar-refractivity contribution in [1.29, 1.82) is 0 Å². The summed E-state index contributed by atoms with van der Waals surface area (Å²) in [6.07, 6.45) is 6.45. The molecule has 3 aliphatic rings. The highest BCUT2D eigenvalue weighted by Gasteiger charge is 2.54. The number of aliphatic hydroxyl groups excluding tert-OH is 1. The van der Waals surface area contributed by atoms with E-state index in [4.69, 9.17) is 9.84 Å². The fourth-order valence-corrected chi connectivity index (χ4v) is 5.77. The summed E-state index contributed by atoms with van der Waals surface area (Å²) in [7, 11) is 0. The van der Waals surface area contributed by atoms with Crippen molar-refractivity contribution in [3.8, 4) is 5.75 Å². The van der Waals surface area contributed by atoms with Crippen molar-refractivity contribution in [3.05, 3.63) is 29.3 Å². The van der Waals surface area contributed by atoms with E-state index in [1.165, 1.54) is 17.5 Å². The Morgan fingerprint density at radius 3 is 2.92 bits per heavy atom. The number of carbonyl (C=O) groups is 1. The Kier molecular flexibility index (Phi) is 3.83. The van der Waals surface area contributed by atoms with Crippen molar-refractivity contribution in [2.75, 3.05) is 6.61 Å². The molecule has 0 bridgehead atoms. The van der Waals surface area contributed by atoms with Crippen LogP contribution < -0.4 is 4.74 Å². The van der Waals surface area contributed by atoms with Crippen LogP contribution in [0.3, 0.4) is 0 Å². The van der Waals surface area contributed by atoms with Crippen molar-refractivity contribution >= 4 is 5.97 Å². The van der Waals surface area contributed by atoms with E-state index in [0.717, 1.165) is 32.1 Å². The van der Waals surface area contributed by atoms with Crippen molar-refractivity contribution in [1.82, 2.24) is 0 Å². The molecule has 130 valence electrons. The zero-order valence-electron chi connectivity index (χ0n) is 14.2. The number of aliphatic hydroxyl groups is 1. The van der Waals surface area contributed by atoms with Crippen LogP contribution in [-0.4, -0.2) is 28.9 Å². The largest absolute Gasteiger partial charge is 0.482 e. The quantitative estimate of drug-likeness (QED) is 0.892. The molecule has 3 aliphatic carbocycles. The number of carboxylic acid groups (broad SMARTS) is 1. The third-order valence-electron chi connectivity index (χ3n) is 7.01. The summed E-state index contributed by atoms with van der Waals surface area (Å²) in [5.41, 5.74) is 2.86. The highest BCUT2D eigenvalue weighted by atomic mass is 16.5. The van der Waals surface area contributed by atoms with Gasteiger partial charge in [-0.25, -0.2) is 4.79 Å². The van der Waals surface area contributed by atoms with E-state index in [1.807, 2.05) is 12.1 Å². The molecule has 0 heterocycles. The SMILES string of the molecule is C[C@]12CC[C@@H]3c4ccc(OCC(=O)O)cc4CCC3[C@@H]1CC[C@@H]2O. The number of hydrogen-bond acceptors (Lipinski definition) is 3. The summed E-state index contributed by atoms with van der Waals surface area (Å²) >= 11 is 0. The molecule has 0 amide bonds. The van der Waals surface area contributed by atoms with Crippen molar-refractivity contribution in [2.24, 2.45) is 17.3 Å². The molecule has 24 heavy (non-hydrogen) atoms. The van der Waals surface area contributed by atoms with Gasteiger partial charge in [-0.05, 0) is 85.0 Å². The van der Waals surface area contributed by atoms with E-state index in [1.54, 1.807) is 0 Å². The normalized spacial score (nSPS) is 37.2. The third kappa shape index (κ3) is 2.43. The number of carboxylic acids is 1. The molecule has 0 aromatic heterocycles. The van der Waals surface area contributed by atoms with E-state index >= 15 is 0 Å². The van der Waals surface area contributed by atoms with E-state index in [2.05, 4.69) is 13.0 Å². The number of aryl methyl sites for hydroxylation is 1. The van der Waals surface area contributed by atoms with Crippen molar-refractivity contribution in [3.63, 3.8) is 0 Å². The zero-order valence-corrected chi connectivity index (χ0v) is 14.2. The summed E-state index contributed by atoms with van der Waals surface area (Å²) in [5.74, 6) is 1.62. The van der Waals surface area contributed by atoms with Crippen LogP contribution in [0.1, 0.15) is 56.1 Å². The van der Waals surface area contributed by atoms with Gasteiger partial charge in [0.15, 0.2) is 6.61 Å². The van der Waals surface area contributed by atoms with Gasteiger partial charge in [-0.15, -0.1) is 0 Å². The van der Waals surface area contributed by atoms with Crippen LogP contribution >= 0.6 is 0 Å². The maximum absolute atomic E-state index is 10.7. The lowest BCUT2D eigenvalue weighted by Crippen LogP contribution is -2.43. The molecule has 0 aliphatic heterocycles. The first-order chi connectivity index (χ1) is 11.5. The van der Waals surface area contributed by atoms with Gasteiger partial charge in [-0.1, -0.05) is 13.0 Å². The van der Waals surface area contributed by atoms with Gasteiger partial charge >= 0.3 is 5.97 Å². The Bertz CT molecular complexity index is 655. The second-order valence-electron chi connectivity index (χ2n) is 8.10. The lowest BCUT2D eigenvalue weighted by molar-refractivity contribution is -0.139. The van der Waals surface area contributed by atoms with Crippen LogP contribution in [0.15, 0.2) is 18.2 Å². The van der Waals surface area contributed by atoms with E-state index in [9.17, 15) is 9.90 Å². The Morgan fingerprint density at radius 2 is 2.12 bits per heavy atom. The Labute approximate surface area is 142 Å². The van der Waals surface area contributed by atoms with Crippen LogP contribution in [0, 0.1) is 17.3 Å². The van der Waals surface area contributed by atoms with Gasteiger partial charge in [-0.3, -0.25) is 0 Å². The maximum atomic E-state index is 10.7. The van der Waals surface area contributed by atoms with Crippen LogP contribution in [0.4, 0.5) is 0 Å². The second kappa shape index (κ2) is 5.76. The highest BCUT2D eigenvalue weighted by Crippen LogP contribution is 2.60. The Hall–Kier alpha value is -1.55. The fourth-order valence-electron chi connectivity index (χ4n) is 5.77. The molecule has 4 rings (SSSR count). The highest BCUT2D eigenvalue weighted by molar-refractivity contribution is 5.68. The van der Waals surface area contributed by atoms with E-state index in [-0.39, 0.29) is 18.1 Å². The molecule has 0 radical (unpaired) electrons. The monoisotopic (exact) mass is 330 g/mol. The third-order valence-corrected chi connectivity index (χ3v) is 7.01. The first-order valence-corrected chi connectivity index (χ1v) is 9.14.